The van der Waals surface area contributed by atoms with Crippen LogP contribution in [0.15, 0.2) is 0 Å². The van der Waals surface area contributed by atoms with Crippen molar-refractivity contribution in [2.24, 2.45) is 16.7 Å². The number of likely N-dealkylation sites (tertiary alicyclic amines) is 2. The maximum atomic E-state index is 12.9. The van der Waals surface area contributed by atoms with Gasteiger partial charge in [0.05, 0.1) is 5.92 Å². The topological polar surface area (TPSA) is 77.9 Å². The number of amides is 2. The Morgan fingerprint density at radius 3 is 2.28 bits per heavy atom. The summed E-state index contributed by atoms with van der Waals surface area (Å²) in [5.41, 5.74) is -0.150. The van der Waals surface area contributed by atoms with Gasteiger partial charge < -0.3 is 14.9 Å². The standard InChI is InChI=1S/C19H30N2O4/c1-18(2,3)12-15(22)21-8-4-5-14(21)16(23)20-9-6-19(7-10-20)11-13(19)17(24)25/h13-14H,4-12H2,1-3H3,(H,24,25). The van der Waals surface area contributed by atoms with E-state index in [1.807, 2.05) is 25.7 Å². The maximum Gasteiger partial charge on any atom is 0.307 e. The molecule has 0 aromatic heterocycles. The van der Waals surface area contributed by atoms with Crippen molar-refractivity contribution in [2.75, 3.05) is 19.6 Å². The van der Waals surface area contributed by atoms with Crippen LogP contribution in [0.1, 0.15) is 59.3 Å². The number of carboxylic acid groups (broad SMARTS) is 1. The number of hydrogen-bond acceptors (Lipinski definition) is 3. The number of aliphatic carboxylic acids is 1. The summed E-state index contributed by atoms with van der Waals surface area (Å²) in [6.07, 6.45) is 4.39. The predicted molar refractivity (Wildman–Crippen MR) is 92.8 cm³/mol. The van der Waals surface area contributed by atoms with Gasteiger partial charge in [-0.25, -0.2) is 0 Å². The van der Waals surface area contributed by atoms with Crippen molar-refractivity contribution in [3.05, 3.63) is 0 Å². The van der Waals surface area contributed by atoms with Crippen LogP contribution in [-0.4, -0.2) is 58.4 Å². The van der Waals surface area contributed by atoms with Gasteiger partial charge in [-0.15, -0.1) is 0 Å². The van der Waals surface area contributed by atoms with E-state index >= 15 is 0 Å². The summed E-state index contributed by atoms with van der Waals surface area (Å²) in [7, 11) is 0. The van der Waals surface area contributed by atoms with E-state index in [1.54, 1.807) is 4.90 Å². The number of carboxylic acids is 1. The van der Waals surface area contributed by atoms with Crippen LogP contribution in [-0.2, 0) is 14.4 Å². The highest BCUT2D eigenvalue weighted by molar-refractivity contribution is 5.88. The molecule has 2 saturated heterocycles. The molecule has 3 fully saturated rings. The van der Waals surface area contributed by atoms with Crippen LogP contribution in [0.5, 0.6) is 0 Å². The van der Waals surface area contributed by atoms with E-state index in [0.29, 0.717) is 26.1 Å². The molecule has 6 nitrogen and oxygen atoms in total. The SMILES string of the molecule is CC(C)(C)CC(=O)N1CCCC1C(=O)N1CCC2(CC1)CC2C(=O)O. The summed E-state index contributed by atoms with van der Waals surface area (Å²) in [4.78, 5) is 40.3. The van der Waals surface area contributed by atoms with Gasteiger partial charge in [0.1, 0.15) is 6.04 Å². The Bertz CT molecular complexity index is 572. The van der Waals surface area contributed by atoms with Crippen LogP contribution in [0.25, 0.3) is 0 Å². The Morgan fingerprint density at radius 2 is 1.76 bits per heavy atom. The van der Waals surface area contributed by atoms with Crippen molar-refractivity contribution in [1.29, 1.82) is 0 Å². The third-order valence-corrected chi connectivity index (χ3v) is 6.10. The van der Waals surface area contributed by atoms with Gasteiger partial charge in [-0.05, 0) is 42.9 Å². The zero-order valence-corrected chi connectivity index (χ0v) is 15.6. The summed E-state index contributed by atoms with van der Waals surface area (Å²) in [6.45, 7) is 8.04. The Kier molecular flexibility index (Phi) is 4.58. The van der Waals surface area contributed by atoms with E-state index in [-0.39, 0.29) is 34.6 Å². The van der Waals surface area contributed by atoms with Crippen LogP contribution in [0.3, 0.4) is 0 Å². The van der Waals surface area contributed by atoms with Crippen molar-refractivity contribution in [2.45, 2.75) is 65.3 Å². The van der Waals surface area contributed by atoms with E-state index < -0.39 is 5.97 Å². The Morgan fingerprint density at radius 1 is 1.12 bits per heavy atom. The lowest BCUT2D eigenvalue weighted by molar-refractivity contribution is -0.146. The molecule has 0 aromatic rings. The molecule has 2 amide bonds. The lowest BCUT2D eigenvalue weighted by Crippen LogP contribution is -2.50. The minimum atomic E-state index is -0.700. The number of hydrogen-bond donors (Lipinski definition) is 1. The molecule has 1 N–H and O–H groups in total. The molecule has 2 unspecified atom stereocenters. The molecule has 6 heteroatoms. The Balaban J connectivity index is 1.58. The third-order valence-electron chi connectivity index (χ3n) is 6.10. The highest BCUT2D eigenvalue weighted by Crippen LogP contribution is 2.59. The molecule has 1 saturated carbocycles. The molecule has 140 valence electrons. The average Bonchev–Trinajstić information content (AvgIpc) is 3.00. The van der Waals surface area contributed by atoms with Crippen molar-refractivity contribution >= 4 is 17.8 Å². The van der Waals surface area contributed by atoms with E-state index in [9.17, 15) is 19.5 Å². The van der Waals surface area contributed by atoms with Crippen molar-refractivity contribution in [3.63, 3.8) is 0 Å². The molecule has 1 aliphatic carbocycles. The zero-order valence-electron chi connectivity index (χ0n) is 15.6. The summed E-state index contributed by atoms with van der Waals surface area (Å²) >= 11 is 0. The minimum Gasteiger partial charge on any atom is -0.481 e. The first-order valence-corrected chi connectivity index (χ1v) is 9.44. The van der Waals surface area contributed by atoms with Crippen molar-refractivity contribution < 1.29 is 19.5 Å². The van der Waals surface area contributed by atoms with E-state index in [2.05, 4.69) is 0 Å². The highest BCUT2D eigenvalue weighted by Gasteiger charge is 2.59. The van der Waals surface area contributed by atoms with Crippen LogP contribution < -0.4 is 0 Å². The fraction of sp³-hybridized carbons (Fsp3) is 0.842. The monoisotopic (exact) mass is 350 g/mol. The molecule has 1 spiro atoms. The maximum absolute atomic E-state index is 12.9. The van der Waals surface area contributed by atoms with Gasteiger partial charge in [-0.3, -0.25) is 14.4 Å². The summed E-state index contributed by atoms with van der Waals surface area (Å²) < 4.78 is 0. The molecule has 2 atom stereocenters. The number of carbonyl (C=O) groups is 3. The van der Waals surface area contributed by atoms with E-state index in [1.165, 1.54) is 0 Å². The normalized spacial score (nSPS) is 28.3. The first-order chi connectivity index (χ1) is 11.6. The van der Waals surface area contributed by atoms with Crippen LogP contribution in [0, 0.1) is 16.7 Å². The molecular weight excluding hydrogens is 320 g/mol. The molecule has 2 heterocycles. The lowest BCUT2D eigenvalue weighted by atomic mass is 9.90. The van der Waals surface area contributed by atoms with E-state index in [4.69, 9.17) is 0 Å². The molecule has 3 rings (SSSR count). The van der Waals surface area contributed by atoms with Gasteiger partial charge in [0, 0.05) is 26.1 Å². The first-order valence-electron chi connectivity index (χ1n) is 9.44. The van der Waals surface area contributed by atoms with Gasteiger partial charge in [-0.2, -0.15) is 0 Å². The quantitative estimate of drug-likeness (QED) is 0.846. The van der Waals surface area contributed by atoms with Gasteiger partial charge >= 0.3 is 5.97 Å². The van der Waals surface area contributed by atoms with Crippen LogP contribution in [0.4, 0.5) is 0 Å². The van der Waals surface area contributed by atoms with Crippen molar-refractivity contribution in [1.82, 2.24) is 9.80 Å². The fourth-order valence-corrected chi connectivity index (χ4v) is 4.51. The van der Waals surface area contributed by atoms with Crippen molar-refractivity contribution in [3.8, 4) is 0 Å². The number of nitrogens with zero attached hydrogens (tertiary/aromatic N) is 2. The van der Waals surface area contributed by atoms with Gasteiger partial charge in [-0.1, -0.05) is 20.8 Å². The second kappa shape index (κ2) is 6.29. The molecule has 0 bridgehead atoms. The molecule has 3 aliphatic rings. The molecule has 2 aliphatic heterocycles. The summed E-state index contributed by atoms with van der Waals surface area (Å²) in [5, 5.41) is 9.18. The number of carbonyl (C=O) groups excluding carboxylic acids is 2. The Hall–Kier alpha value is -1.59. The second-order valence-corrected chi connectivity index (χ2v) is 9.27. The second-order valence-electron chi connectivity index (χ2n) is 9.27. The summed E-state index contributed by atoms with van der Waals surface area (Å²) in [5.74, 6) is -0.789. The first kappa shape index (κ1) is 18.2. The predicted octanol–water partition coefficient (Wildman–Crippen LogP) is 2.13. The fourth-order valence-electron chi connectivity index (χ4n) is 4.51. The summed E-state index contributed by atoms with van der Waals surface area (Å²) in [6, 6.07) is -0.321. The molecule has 0 aromatic carbocycles. The minimum absolute atomic E-state index is 0.0575. The Labute approximate surface area is 149 Å². The van der Waals surface area contributed by atoms with Gasteiger partial charge in [0.15, 0.2) is 0 Å². The molecule has 0 radical (unpaired) electrons. The number of piperidine rings is 1. The lowest BCUT2D eigenvalue weighted by Gasteiger charge is -2.36. The molecular formula is C19H30N2O4. The third kappa shape index (κ3) is 3.67. The zero-order chi connectivity index (χ0) is 18.4. The van der Waals surface area contributed by atoms with Crippen LogP contribution >= 0.6 is 0 Å². The molecule has 25 heavy (non-hydrogen) atoms. The largest absolute Gasteiger partial charge is 0.481 e. The smallest absolute Gasteiger partial charge is 0.307 e. The highest BCUT2D eigenvalue weighted by atomic mass is 16.4. The average molecular weight is 350 g/mol. The van der Waals surface area contributed by atoms with Gasteiger partial charge in [0.25, 0.3) is 0 Å². The number of rotatable bonds is 3. The van der Waals surface area contributed by atoms with Gasteiger partial charge in [0.2, 0.25) is 11.8 Å². The van der Waals surface area contributed by atoms with E-state index in [0.717, 1.165) is 32.1 Å². The van der Waals surface area contributed by atoms with Crippen LogP contribution in [0.2, 0.25) is 0 Å².